The maximum Gasteiger partial charge on any atom is 0.225 e. The van der Waals surface area contributed by atoms with Crippen molar-refractivity contribution in [2.45, 2.75) is 37.5 Å². The molecule has 0 aliphatic heterocycles. The lowest BCUT2D eigenvalue weighted by Gasteiger charge is -2.47. The number of aliphatic hydroxyl groups excluding tert-OH is 3. The Balaban J connectivity index is 2.25. The summed E-state index contributed by atoms with van der Waals surface area (Å²) in [5.74, 6) is -5.82. The molecule has 1 aromatic rings. The van der Waals surface area contributed by atoms with Gasteiger partial charge in [0, 0.05) is 17.5 Å². The molecule has 10 heteroatoms. The number of ketones is 2. The molecule has 0 unspecified atom stereocenters. The second-order valence-corrected chi connectivity index (χ2v) is 8.64. The van der Waals surface area contributed by atoms with E-state index in [1.54, 1.807) is 19.0 Å². The van der Waals surface area contributed by atoms with E-state index in [-0.39, 0.29) is 36.3 Å². The topological polar surface area (TPSA) is 182 Å². The Morgan fingerprint density at radius 1 is 1.25 bits per heavy atom. The minimum Gasteiger partial charge on any atom is -0.508 e. The van der Waals surface area contributed by atoms with Crippen LogP contribution in [0.4, 0.5) is 0 Å². The molecule has 0 saturated carbocycles. The highest BCUT2D eigenvalue weighted by molar-refractivity contribution is 6.15. The van der Waals surface area contributed by atoms with Gasteiger partial charge in [-0.1, -0.05) is 6.07 Å². The van der Waals surface area contributed by atoms with E-state index >= 15 is 0 Å². The van der Waals surface area contributed by atoms with Gasteiger partial charge in [-0.3, -0.25) is 14.4 Å². The van der Waals surface area contributed by atoms with E-state index in [9.17, 15) is 39.9 Å². The summed E-state index contributed by atoms with van der Waals surface area (Å²) in [5, 5.41) is 52.6. The first-order chi connectivity index (χ1) is 15.0. The summed E-state index contributed by atoms with van der Waals surface area (Å²) < 4.78 is 0. The first-order valence-corrected chi connectivity index (χ1v) is 10.2. The second kappa shape index (κ2) is 8.62. The van der Waals surface area contributed by atoms with Crippen LogP contribution in [-0.2, 0) is 22.6 Å². The number of nitrogens with two attached hydrogens (primary N) is 1. The fourth-order valence-electron chi connectivity index (χ4n) is 5.06. The standard InChI is InChI=1S/C22H28N2O8/c1-24(2)14(9-26)13-6-11-5-12-10(8-25)3-4-15(27)19(12)20(30)18(11)21(31)22(13,32)16(28)7-17(23)29/h3-4,11,13-14,25-27,31-32H,5-9H2,1-2H3,(H2,23,29)/t11-,13-,14+,22+/m0/s1. The highest BCUT2D eigenvalue weighted by Crippen LogP contribution is 2.49. The average molecular weight is 448 g/mol. The minimum absolute atomic E-state index is 0.0233. The van der Waals surface area contributed by atoms with Gasteiger partial charge in [-0.2, -0.15) is 0 Å². The molecule has 10 nitrogen and oxygen atoms in total. The van der Waals surface area contributed by atoms with E-state index in [0.29, 0.717) is 11.1 Å². The summed E-state index contributed by atoms with van der Waals surface area (Å²) in [6, 6.07) is 1.96. The molecule has 32 heavy (non-hydrogen) atoms. The quantitative estimate of drug-likeness (QED) is 0.290. The van der Waals surface area contributed by atoms with E-state index in [4.69, 9.17) is 5.73 Å². The van der Waals surface area contributed by atoms with Crippen molar-refractivity contribution in [3.05, 3.63) is 40.2 Å². The lowest BCUT2D eigenvalue weighted by atomic mass is 9.61. The Labute approximate surface area is 184 Å². The van der Waals surface area contributed by atoms with Crippen molar-refractivity contribution in [1.82, 2.24) is 4.90 Å². The molecule has 0 spiro atoms. The summed E-state index contributed by atoms with van der Waals surface area (Å²) in [6.45, 7) is -0.832. The maximum absolute atomic E-state index is 13.3. The number of aliphatic hydroxyl groups is 4. The van der Waals surface area contributed by atoms with Gasteiger partial charge in [-0.05, 0) is 50.0 Å². The lowest BCUT2D eigenvalue weighted by Crippen LogP contribution is -2.60. The number of carbonyl (C=O) groups excluding carboxylic acids is 3. The van der Waals surface area contributed by atoms with Crippen molar-refractivity contribution >= 4 is 17.5 Å². The summed E-state index contributed by atoms with van der Waals surface area (Å²) in [4.78, 5) is 39.3. The van der Waals surface area contributed by atoms with Gasteiger partial charge in [0.2, 0.25) is 5.91 Å². The van der Waals surface area contributed by atoms with Crippen LogP contribution in [0.1, 0.15) is 34.3 Å². The van der Waals surface area contributed by atoms with Gasteiger partial charge in [0.15, 0.2) is 17.2 Å². The van der Waals surface area contributed by atoms with Gasteiger partial charge in [-0.25, -0.2) is 0 Å². The normalized spacial score (nSPS) is 26.0. The van der Waals surface area contributed by atoms with Crippen molar-refractivity contribution in [3.8, 4) is 5.75 Å². The first kappa shape index (κ1) is 23.9. The lowest BCUT2D eigenvalue weighted by molar-refractivity contribution is -0.151. The predicted octanol–water partition coefficient (Wildman–Crippen LogP) is -0.830. The molecule has 0 saturated heterocycles. The van der Waals surface area contributed by atoms with E-state index in [0.717, 1.165) is 0 Å². The zero-order chi connectivity index (χ0) is 24.0. The van der Waals surface area contributed by atoms with Gasteiger partial charge in [-0.15, -0.1) is 0 Å². The molecule has 2 aliphatic carbocycles. The van der Waals surface area contributed by atoms with Crippen LogP contribution in [0.3, 0.4) is 0 Å². The maximum atomic E-state index is 13.3. The molecule has 174 valence electrons. The van der Waals surface area contributed by atoms with Crippen LogP contribution in [0.15, 0.2) is 23.5 Å². The summed E-state index contributed by atoms with van der Waals surface area (Å²) in [6.07, 6.45) is -0.687. The number of nitrogens with zero attached hydrogens (tertiary/aromatic N) is 1. The number of carbonyl (C=O) groups is 3. The smallest absolute Gasteiger partial charge is 0.225 e. The summed E-state index contributed by atoms with van der Waals surface area (Å²) in [5.41, 5.74) is 3.05. The molecule has 0 bridgehead atoms. The number of allylic oxidation sites excluding steroid dienone is 1. The third-order valence-corrected chi connectivity index (χ3v) is 6.65. The fourth-order valence-corrected chi connectivity index (χ4v) is 5.06. The monoisotopic (exact) mass is 448 g/mol. The van der Waals surface area contributed by atoms with Gasteiger partial charge < -0.3 is 36.2 Å². The number of hydrogen-bond donors (Lipinski definition) is 6. The number of phenolic OH excluding ortho intramolecular Hbond substituents is 1. The van der Waals surface area contributed by atoms with Crippen molar-refractivity contribution in [2.24, 2.45) is 17.6 Å². The predicted molar refractivity (Wildman–Crippen MR) is 112 cm³/mol. The molecule has 4 atom stereocenters. The van der Waals surface area contributed by atoms with E-state index in [1.807, 2.05) is 0 Å². The number of Topliss-reactive ketones (excluding diaryl/α,β-unsaturated/α-hetero) is 2. The largest absolute Gasteiger partial charge is 0.508 e. The molecule has 0 fully saturated rings. The number of phenols is 1. The molecule has 0 aromatic heterocycles. The Morgan fingerprint density at radius 3 is 2.44 bits per heavy atom. The first-order valence-electron chi connectivity index (χ1n) is 10.2. The Kier molecular flexibility index (Phi) is 6.43. The van der Waals surface area contributed by atoms with Crippen LogP contribution in [0.5, 0.6) is 5.75 Å². The van der Waals surface area contributed by atoms with Crippen molar-refractivity contribution < 1.29 is 39.9 Å². The molecule has 0 radical (unpaired) electrons. The molecular formula is C22H28N2O8. The average Bonchev–Trinajstić information content (AvgIpc) is 2.71. The third-order valence-electron chi connectivity index (χ3n) is 6.65. The Bertz CT molecular complexity index is 1000. The molecule has 7 N–H and O–H groups in total. The minimum atomic E-state index is -2.63. The van der Waals surface area contributed by atoms with E-state index in [1.165, 1.54) is 12.1 Å². The molecule has 0 heterocycles. The number of amides is 1. The van der Waals surface area contributed by atoms with Crippen molar-refractivity contribution in [3.63, 3.8) is 0 Å². The van der Waals surface area contributed by atoms with Crippen LogP contribution in [0.2, 0.25) is 0 Å². The van der Waals surface area contributed by atoms with Crippen LogP contribution in [-0.4, -0.2) is 80.3 Å². The van der Waals surface area contributed by atoms with Crippen LogP contribution in [0.25, 0.3) is 0 Å². The molecular weight excluding hydrogens is 420 g/mol. The number of primary amides is 1. The summed E-state index contributed by atoms with van der Waals surface area (Å²) in [7, 11) is 3.25. The molecule has 2 aliphatic rings. The molecule has 1 aromatic carbocycles. The number of likely N-dealkylation sites (N-methyl/N-ethyl adjacent to an activating group) is 1. The van der Waals surface area contributed by atoms with E-state index < -0.39 is 59.7 Å². The molecule has 3 rings (SSSR count). The fraction of sp³-hybridized carbons (Fsp3) is 0.500. The number of benzene rings is 1. The van der Waals surface area contributed by atoms with Gasteiger partial charge in [0.1, 0.15) is 11.5 Å². The number of aromatic hydroxyl groups is 1. The third kappa shape index (κ3) is 3.58. The zero-order valence-corrected chi connectivity index (χ0v) is 17.9. The second-order valence-electron chi connectivity index (χ2n) is 8.64. The van der Waals surface area contributed by atoms with Gasteiger partial charge in [0.05, 0.1) is 25.2 Å². The highest BCUT2D eigenvalue weighted by atomic mass is 16.3. The Hall–Kier alpha value is -2.79. The van der Waals surface area contributed by atoms with Gasteiger partial charge >= 0.3 is 0 Å². The highest BCUT2D eigenvalue weighted by Gasteiger charge is 2.58. The Morgan fingerprint density at radius 2 is 1.91 bits per heavy atom. The van der Waals surface area contributed by atoms with Gasteiger partial charge in [0.25, 0.3) is 0 Å². The molecule has 1 amide bonds. The van der Waals surface area contributed by atoms with E-state index in [2.05, 4.69) is 0 Å². The zero-order valence-electron chi connectivity index (χ0n) is 17.9. The number of hydrogen-bond acceptors (Lipinski definition) is 9. The van der Waals surface area contributed by atoms with Crippen molar-refractivity contribution in [2.75, 3.05) is 20.7 Å². The van der Waals surface area contributed by atoms with Crippen LogP contribution < -0.4 is 5.73 Å². The number of fused-ring (bicyclic) bond motifs is 2. The number of rotatable bonds is 7. The van der Waals surface area contributed by atoms with Crippen molar-refractivity contribution in [1.29, 1.82) is 0 Å². The van der Waals surface area contributed by atoms with Crippen LogP contribution >= 0.6 is 0 Å². The summed E-state index contributed by atoms with van der Waals surface area (Å²) >= 11 is 0. The SMILES string of the molecule is CN(C)[C@H](CO)[C@@H]1C[C@@H]2Cc3c(CO)ccc(O)c3C(=O)C2=C(O)[C@]1(O)C(=O)CC(N)=O. The van der Waals surface area contributed by atoms with Crippen LogP contribution in [0, 0.1) is 11.8 Å².